The fourth-order valence-electron chi connectivity index (χ4n) is 2.22. The van der Waals surface area contributed by atoms with Crippen LogP contribution in [0.3, 0.4) is 0 Å². The Morgan fingerprint density at radius 1 is 1.25 bits per heavy atom. The van der Waals surface area contributed by atoms with E-state index in [1.807, 2.05) is 44.2 Å². The molecule has 2 aromatic carbocycles. The topological polar surface area (TPSA) is 26.0 Å². The third-order valence-electron chi connectivity index (χ3n) is 3.11. The summed E-state index contributed by atoms with van der Waals surface area (Å²) < 4.78 is 14.1. The quantitative estimate of drug-likeness (QED) is 0.814. The Bertz CT molecular complexity index is 592. The zero-order valence-electron chi connectivity index (χ0n) is 11.5. The van der Waals surface area contributed by atoms with E-state index in [-0.39, 0.29) is 11.9 Å². The Kier molecular flexibility index (Phi) is 5.08. The van der Waals surface area contributed by atoms with Crippen LogP contribution in [0, 0.1) is 19.7 Å². The number of nitrogens with two attached hydrogens (primary N) is 1. The summed E-state index contributed by atoms with van der Waals surface area (Å²) in [6, 6.07) is 10.7. The molecule has 2 aromatic rings. The standard InChI is InChI=1S/C16H17ClFNS/c1-10-7-11(2)16(13(18)8-10)14(19)9-20-15-6-4-3-5-12(15)17/h3-8,14H,9,19H2,1-2H3. The molecule has 0 fully saturated rings. The van der Waals surface area contributed by atoms with Gasteiger partial charge in [-0.15, -0.1) is 11.8 Å². The molecule has 0 saturated carbocycles. The second-order valence-electron chi connectivity index (χ2n) is 4.83. The molecule has 0 heterocycles. The van der Waals surface area contributed by atoms with E-state index in [1.165, 1.54) is 6.07 Å². The number of thioether (sulfide) groups is 1. The minimum absolute atomic E-state index is 0.227. The lowest BCUT2D eigenvalue weighted by Gasteiger charge is -2.16. The van der Waals surface area contributed by atoms with Crippen molar-refractivity contribution in [2.45, 2.75) is 24.8 Å². The lowest BCUT2D eigenvalue weighted by molar-refractivity contribution is 0.591. The molecule has 0 aliphatic rings. The maximum Gasteiger partial charge on any atom is 0.128 e. The van der Waals surface area contributed by atoms with Crippen LogP contribution in [0.15, 0.2) is 41.3 Å². The molecule has 2 rings (SSSR count). The highest BCUT2D eigenvalue weighted by Gasteiger charge is 2.15. The summed E-state index contributed by atoms with van der Waals surface area (Å²) in [4.78, 5) is 0.967. The smallest absolute Gasteiger partial charge is 0.128 e. The lowest BCUT2D eigenvalue weighted by atomic mass is 10.00. The number of benzene rings is 2. The van der Waals surface area contributed by atoms with Gasteiger partial charge < -0.3 is 5.73 Å². The average Bonchev–Trinajstić information content (AvgIpc) is 2.36. The van der Waals surface area contributed by atoms with E-state index in [0.29, 0.717) is 16.3 Å². The van der Waals surface area contributed by atoms with Crippen molar-refractivity contribution in [1.82, 2.24) is 0 Å². The fourth-order valence-corrected chi connectivity index (χ4v) is 3.43. The first-order chi connectivity index (χ1) is 9.49. The van der Waals surface area contributed by atoms with Crippen LogP contribution in [0.1, 0.15) is 22.7 Å². The molecule has 0 aliphatic heterocycles. The van der Waals surface area contributed by atoms with Gasteiger partial charge in [-0.2, -0.15) is 0 Å². The summed E-state index contributed by atoms with van der Waals surface area (Å²) in [5.74, 6) is 0.361. The summed E-state index contributed by atoms with van der Waals surface area (Å²) in [6.07, 6.45) is 0. The van der Waals surface area contributed by atoms with E-state index in [9.17, 15) is 4.39 Å². The molecule has 4 heteroatoms. The van der Waals surface area contributed by atoms with Crippen molar-refractivity contribution in [3.8, 4) is 0 Å². The predicted octanol–water partition coefficient (Wildman–Crippen LogP) is 4.89. The van der Waals surface area contributed by atoms with Gasteiger partial charge in [0.1, 0.15) is 5.82 Å². The summed E-state index contributed by atoms with van der Waals surface area (Å²) >= 11 is 7.65. The molecular formula is C16H17ClFNS. The SMILES string of the molecule is Cc1cc(C)c(C(N)CSc2ccccc2Cl)c(F)c1. The van der Waals surface area contributed by atoms with Crippen molar-refractivity contribution < 1.29 is 4.39 Å². The number of rotatable bonds is 4. The van der Waals surface area contributed by atoms with Gasteiger partial charge >= 0.3 is 0 Å². The fraction of sp³-hybridized carbons (Fsp3) is 0.250. The number of hydrogen-bond donors (Lipinski definition) is 1. The number of aryl methyl sites for hydroxylation is 2. The average molecular weight is 310 g/mol. The van der Waals surface area contributed by atoms with Gasteiger partial charge in [-0.25, -0.2) is 4.39 Å². The van der Waals surface area contributed by atoms with E-state index in [2.05, 4.69) is 0 Å². The highest BCUT2D eigenvalue weighted by Crippen LogP contribution is 2.31. The molecule has 0 bridgehead atoms. The highest BCUT2D eigenvalue weighted by molar-refractivity contribution is 7.99. The van der Waals surface area contributed by atoms with Crippen molar-refractivity contribution in [2.75, 3.05) is 5.75 Å². The maximum absolute atomic E-state index is 14.1. The largest absolute Gasteiger partial charge is 0.323 e. The van der Waals surface area contributed by atoms with Crippen molar-refractivity contribution in [2.24, 2.45) is 5.73 Å². The Morgan fingerprint density at radius 2 is 1.95 bits per heavy atom. The maximum atomic E-state index is 14.1. The van der Waals surface area contributed by atoms with Crippen molar-refractivity contribution in [1.29, 1.82) is 0 Å². The molecule has 0 aliphatic carbocycles. The van der Waals surface area contributed by atoms with Gasteiger partial charge in [0, 0.05) is 22.3 Å². The normalized spacial score (nSPS) is 12.4. The molecule has 0 amide bonds. The van der Waals surface area contributed by atoms with Crippen LogP contribution >= 0.6 is 23.4 Å². The number of hydrogen-bond acceptors (Lipinski definition) is 2. The van der Waals surface area contributed by atoms with E-state index in [1.54, 1.807) is 11.8 Å². The van der Waals surface area contributed by atoms with E-state index < -0.39 is 0 Å². The second-order valence-corrected chi connectivity index (χ2v) is 6.29. The van der Waals surface area contributed by atoms with Gasteiger partial charge in [0.25, 0.3) is 0 Å². The molecule has 2 N–H and O–H groups in total. The molecule has 1 unspecified atom stereocenters. The van der Waals surface area contributed by atoms with Crippen molar-refractivity contribution >= 4 is 23.4 Å². The summed E-state index contributed by atoms with van der Waals surface area (Å²) in [7, 11) is 0. The minimum Gasteiger partial charge on any atom is -0.323 e. The Balaban J connectivity index is 2.13. The molecule has 1 atom stereocenters. The van der Waals surface area contributed by atoms with E-state index in [0.717, 1.165) is 16.0 Å². The third-order valence-corrected chi connectivity index (χ3v) is 4.74. The Hall–Kier alpha value is -1.03. The van der Waals surface area contributed by atoms with Gasteiger partial charge in [-0.05, 0) is 43.2 Å². The zero-order chi connectivity index (χ0) is 14.7. The van der Waals surface area contributed by atoms with Crippen LogP contribution in [-0.4, -0.2) is 5.75 Å². The third kappa shape index (κ3) is 3.54. The molecule has 0 radical (unpaired) electrons. The van der Waals surface area contributed by atoms with Gasteiger partial charge in [-0.1, -0.05) is 29.8 Å². The molecule has 0 aromatic heterocycles. The monoisotopic (exact) mass is 309 g/mol. The molecule has 106 valence electrons. The summed E-state index contributed by atoms with van der Waals surface area (Å²) in [5.41, 5.74) is 8.54. The van der Waals surface area contributed by atoms with Crippen LogP contribution in [-0.2, 0) is 0 Å². The number of halogens is 2. The molecule has 0 saturated heterocycles. The minimum atomic E-state index is -0.350. The molecule has 0 spiro atoms. The highest BCUT2D eigenvalue weighted by atomic mass is 35.5. The van der Waals surface area contributed by atoms with Crippen LogP contribution in [0.4, 0.5) is 4.39 Å². The lowest BCUT2D eigenvalue weighted by Crippen LogP contribution is -2.16. The van der Waals surface area contributed by atoms with Gasteiger partial charge in [0.05, 0.1) is 5.02 Å². The summed E-state index contributed by atoms with van der Waals surface area (Å²) in [5, 5.41) is 0.700. The molecule has 1 nitrogen and oxygen atoms in total. The Morgan fingerprint density at radius 3 is 2.60 bits per heavy atom. The van der Waals surface area contributed by atoms with Crippen LogP contribution < -0.4 is 5.73 Å². The first-order valence-corrected chi connectivity index (χ1v) is 7.75. The van der Waals surface area contributed by atoms with E-state index in [4.69, 9.17) is 17.3 Å². The first kappa shape index (κ1) is 15.4. The van der Waals surface area contributed by atoms with Crippen LogP contribution in [0.2, 0.25) is 5.02 Å². The van der Waals surface area contributed by atoms with Crippen LogP contribution in [0.5, 0.6) is 0 Å². The van der Waals surface area contributed by atoms with E-state index >= 15 is 0 Å². The first-order valence-electron chi connectivity index (χ1n) is 6.38. The second kappa shape index (κ2) is 6.61. The Labute approximate surface area is 128 Å². The van der Waals surface area contributed by atoms with Gasteiger partial charge in [0.2, 0.25) is 0 Å². The summed E-state index contributed by atoms with van der Waals surface area (Å²) in [6.45, 7) is 3.77. The van der Waals surface area contributed by atoms with Crippen LogP contribution in [0.25, 0.3) is 0 Å². The van der Waals surface area contributed by atoms with Crippen molar-refractivity contribution in [3.63, 3.8) is 0 Å². The zero-order valence-corrected chi connectivity index (χ0v) is 13.1. The van der Waals surface area contributed by atoms with Gasteiger partial charge in [0.15, 0.2) is 0 Å². The molecule has 20 heavy (non-hydrogen) atoms. The molecular weight excluding hydrogens is 293 g/mol. The van der Waals surface area contributed by atoms with Crippen molar-refractivity contribution in [3.05, 3.63) is 63.9 Å². The predicted molar refractivity (Wildman–Crippen MR) is 85.0 cm³/mol. The van der Waals surface area contributed by atoms with Gasteiger partial charge in [-0.3, -0.25) is 0 Å².